The molecule has 0 aliphatic carbocycles. The zero-order valence-electron chi connectivity index (χ0n) is 13.3. The van der Waals surface area contributed by atoms with Crippen LogP contribution in [0.3, 0.4) is 0 Å². The number of rotatable bonds is 5. The molecule has 1 aromatic heterocycles. The molecular formula is C18H14F2N2O3. The van der Waals surface area contributed by atoms with Crippen molar-refractivity contribution in [3.8, 4) is 17.1 Å². The summed E-state index contributed by atoms with van der Waals surface area (Å²) in [5, 5.41) is 6.46. The fourth-order valence-corrected chi connectivity index (χ4v) is 2.28. The molecule has 0 aliphatic rings. The Balaban J connectivity index is 1.69. The third-order valence-electron chi connectivity index (χ3n) is 3.45. The summed E-state index contributed by atoms with van der Waals surface area (Å²) in [5.74, 6) is -1.01. The first kappa shape index (κ1) is 16.6. The summed E-state index contributed by atoms with van der Waals surface area (Å²) in [6, 6.07) is 11.5. The Morgan fingerprint density at radius 2 is 2.04 bits per heavy atom. The number of benzene rings is 2. The summed E-state index contributed by atoms with van der Waals surface area (Å²) in [6.07, 6.45) is -0.0521. The van der Waals surface area contributed by atoms with E-state index in [-0.39, 0.29) is 23.7 Å². The molecule has 1 N–H and O–H groups in total. The normalized spacial score (nSPS) is 10.5. The van der Waals surface area contributed by atoms with Crippen LogP contribution in [0.2, 0.25) is 0 Å². The Labute approximate surface area is 142 Å². The number of carbonyl (C=O) groups is 1. The smallest absolute Gasteiger partial charge is 0.230 e. The van der Waals surface area contributed by atoms with Crippen molar-refractivity contribution in [1.29, 1.82) is 0 Å². The topological polar surface area (TPSA) is 64.4 Å². The summed E-state index contributed by atoms with van der Waals surface area (Å²) >= 11 is 0. The SMILES string of the molecule is COc1cccc(NC(=O)Cc2cc(-c3ccc(F)cc3F)on2)c1. The average Bonchev–Trinajstić information content (AvgIpc) is 3.03. The van der Waals surface area contributed by atoms with E-state index in [1.807, 2.05) is 0 Å². The second-order valence-electron chi connectivity index (χ2n) is 5.26. The number of ether oxygens (including phenoxy) is 1. The van der Waals surface area contributed by atoms with Crippen molar-refractivity contribution in [2.24, 2.45) is 0 Å². The number of anilines is 1. The van der Waals surface area contributed by atoms with Crippen molar-refractivity contribution in [3.63, 3.8) is 0 Å². The fourth-order valence-electron chi connectivity index (χ4n) is 2.28. The summed E-state index contributed by atoms with van der Waals surface area (Å²) < 4.78 is 36.8. The van der Waals surface area contributed by atoms with Crippen LogP contribution in [0, 0.1) is 11.6 Å². The van der Waals surface area contributed by atoms with E-state index in [1.165, 1.54) is 19.2 Å². The largest absolute Gasteiger partial charge is 0.497 e. The average molecular weight is 344 g/mol. The number of halogens is 2. The third kappa shape index (κ3) is 4.00. The van der Waals surface area contributed by atoms with E-state index in [0.29, 0.717) is 17.1 Å². The van der Waals surface area contributed by atoms with Crippen molar-refractivity contribution in [1.82, 2.24) is 5.16 Å². The van der Waals surface area contributed by atoms with Crippen molar-refractivity contribution < 1.29 is 22.8 Å². The molecule has 0 saturated heterocycles. The van der Waals surface area contributed by atoms with Gasteiger partial charge in [-0.05, 0) is 24.3 Å². The number of hydrogen-bond acceptors (Lipinski definition) is 4. The van der Waals surface area contributed by atoms with Gasteiger partial charge in [-0.1, -0.05) is 11.2 Å². The fraction of sp³-hybridized carbons (Fsp3) is 0.111. The molecule has 5 nitrogen and oxygen atoms in total. The predicted octanol–water partition coefficient (Wildman–Crippen LogP) is 3.81. The van der Waals surface area contributed by atoms with E-state index in [1.54, 1.807) is 24.3 Å². The lowest BCUT2D eigenvalue weighted by molar-refractivity contribution is -0.115. The predicted molar refractivity (Wildman–Crippen MR) is 87.2 cm³/mol. The summed E-state index contributed by atoms with van der Waals surface area (Å²) in [7, 11) is 1.53. The molecule has 0 bridgehead atoms. The summed E-state index contributed by atoms with van der Waals surface area (Å²) in [5.41, 5.74) is 0.991. The van der Waals surface area contributed by atoms with Crippen LogP contribution in [0.15, 0.2) is 53.1 Å². The molecule has 0 spiro atoms. The highest BCUT2D eigenvalue weighted by Gasteiger charge is 2.14. The molecule has 0 aliphatic heterocycles. The minimum atomic E-state index is -0.761. The van der Waals surface area contributed by atoms with Crippen LogP contribution in [-0.4, -0.2) is 18.2 Å². The van der Waals surface area contributed by atoms with Gasteiger partial charge in [-0.25, -0.2) is 8.78 Å². The molecule has 0 fully saturated rings. The molecule has 3 aromatic rings. The van der Waals surface area contributed by atoms with Gasteiger partial charge in [0.25, 0.3) is 0 Å². The van der Waals surface area contributed by atoms with E-state index >= 15 is 0 Å². The maximum absolute atomic E-state index is 13.7. The molecule has 3 rings (SSSR count). The van der Waals surface area contributed by atoms with Crippen LogP contribution in [0.1, 0.15) is 5.69 Å². The van der Waals surface area contributed by atoms with E-state index in [4.69, 9.17) is 9.26 Å². The van der Waals surface area contributed by atoms with Gasteiger partial charge in [0, 0.05) is 23.9 Å². The molecule has 1 heterocycles. The third-order valence-corrected chi connectivity index (χ3v) is 3.45. The Bertz CT molecular complexity index is 909. The minimum absolute atomic E-state index is 0.0521. The number of nitrogens with zero attached hydrogens (tertiary/aromatic N) is 1. The van der Waals surface area contributed by atoms with Gasteiger partial charge < -0.3 is 14.6 Å². The van der Waals surface area contributed by atoms with E-state index in [2.05, 4.69) is 10.5 Å². The lowest BCUT2D eigenvalue weighted by Crippen LogP contribution is -2.14. The molecule has 2 aromatic carbocycles. The van der Waals surface area contributed by atoms with Crippen LogP contribution < -0.4 is 10.1 Å². The number of nitrogens with one attached hydrogen (secondary N) is 1. The maximum atomic E-state index is 13.7. The number of aromatic nitrogens is 1. The van der Waals surface area contributed by atoms with Gasteiger partial charge in [0.15, 0.2) is 5.76 Å². The molecule has 0 atom stereocenters. The molecule has 128 valence electrons. The molecule has 0 saturated carbocycles. The Morgan fingerprint density at radius 3 is 2.80 bits per heavy atom. The monoisotopic (exact) mass is 344 g/mol. The van der Waals surface area contributed by atoms with Crippen molar-refractivity contribution in [3.05, 3.63) is 65.9 Å². The minimum Gasteiger partial charge on any atom is -0.497 e. The van der Waals surface area contributed by atoms with Crippen molar-refractivity contribution in [2.75, 3.05) is 12.4 Å². The van der Waals surface area contributed by atoms with Crippen LogP contribution in [0.25, 0.3) is 11.3 Å². The lowest BCUT2D eigenvalue weighted by Gasteiger charge is -2.05. The Kier molecular flexibility index (Phi) is 4.74. The van der Waals surface area contributed by atoms with Crippen LogP contribution >= 0.6 is 0 Å². The Morgan fingerprint density at radius 1 is 1.20 bits per heavy atom. The first-order chi connectivity index (χ1) is 12.0. The van der Waals surface area contributed by atoms with Crippen molar-refractivity contribution >= 4 is 11.6 Å². The lowest BCUT2D eigenvalue weighted by atomic mass is 10.1. The molecule has 1 amide bonds. The van der Waals surface area contributed by atoms with Gasteiger partial charge in [0.2, 0.25) is 5.91 Å². The van der Waals surface area contributed by atoms with E-state index in [9.17, 15) is 13.6 Å². The van der Waals surface area contributed by atoms with Crippen LogP contribution in [0.5, 0.6) is 5.75 Å². The van der Waals surface area contributed by atoms with Crippen LogP contribution in [-0.2, 0) is 11.2 Å². The highest BCUT2D eigenvalue weighted by molar-refractivity contribution is 5.92. The zero-order chi connectivity index (χ0) is 17.8. The molecule has 0 radical (unpaired) electrons. The quantitative estimate of drug-likeness (QED) is 0.764. The first-order valence-corrected chi connectivity index (χ1v) is 7.40. The summed E-state index contributed by atoms with van der Waals surface area (Å²) in [6.45, 7) is 0. The van der Waals surface area contributed by atoms with Crippen molar-refractivity contribution in [2.45, 2.75) is 6.42 Å². The van der Waals surface area contributed by atoms with Crippen LogP contribution in [0.4, 0.5) is 14.5 Å². The number of carbonyl (C=O) groups excluding carboxylic acids is 1. The van der Waals surface area contributed by atoms with E-state index in [0.717, 1.165) is 12.1 Å². The van der Waals surface area contributed by atoms with Gasteiger partial charge in [0.05, 0.1) is 24.8 Å². The van der Waals surface area contributed by atoms with E-state index < -0.39 is 11.6 Å². The first-order valence-electron chi connectivity index (χ1n) is 7.40. The van der Waals surface area contributed by atoms with Gasteiger partial charge in [-0.3, -0.25) is 4.79 Å². The number of amides is 1. The second-order valence-corrected chi connectivity index (χ2v) is 5.26. The molecule has 7 heteroatoms. The standard InChI is InChI=1S/C18H14F2N2O3/c1-24-14-4-2-3-12(8-14)21-18(23)10-13-9-17(25-22-13)15-6-5-11(19)7-16(15)20/h2-9H,10H2,1H3,(H,21,23). The summed E-state index contributed by atoms with van der Waals surface area (Å²) in [4.78, 5) is 12.1. The number of hydrogen-bond donors (Lipinski definition) is 1. The zero-order valence-corrected chi connectivity index (χ0v) is 13.3. The van der Waals surface area contributed by atoms with Gasteiger partial charge in [0.1, 0.15) is 17.4 Å². The van der Waals surface area contributed by atoms with Gasteiger partial charge in [-0.15, -0.1) is 0 Å². The second kappa shape index (κ2) is 7.12. The molecule has 25 heavy (non-hydrogen) atoms. The van der Waals surface area contributed by atoms with Gasteiger partial charge >= 0.3 is 0 Å². The maximum Gasteiger partial charge on any atom is 0.230 e. The molecule has 0 unspecified atom stereocenters. The Hall–Kier alpha value is -3.22. The number of methoxy groups -OCH3 is 1. The molecular weight excluding hydrogens is 330 g/mol. The highest BCUT2D eigenvalue weighted by Crippen LogP contribution is 2.24. The highest BCUT2D eigenvalue weighted by atomic mass is 19.1. The van der Waals surface area contributed by atoms with Gasteiger partial charge in [-0.2, -0.15) is 0 Å².